The van der Waals surface area contributed by atoms with Crippen molar-refractivity contribution in [3.8, 4) is 0 Å². The van der Waals surface area contributed by atoms with Crippen molar-refractivity contribution in [1.29, 1.82) is 0 Å². The fourth-order valence-electron chi connectivity index (χ4n) is 2.55. The fraction of sp³-hybridized carbons (Fsp3) is 0.571. The summed E-state index contributed by atoms with van der Waals surface area (Å²) < 4.78 is 13.1. The van der Waals surface area contributed by atoms with E-state index in [-0.39, 0.29) is 11.9 Å². The molecule has 0 spiro atoms. The van der Waals surface area contributed by atoms with E-state index >= 15 is 0 Å². The molecule has 0 radical (unpaired) electrons. The first-order valence-electron chi connectivity index (χ1n) is 6.28. The van der Waals surface area contributed by atoms with Crippen LogP contribution in [0.1, 0.15) is 31.2 Å². The number of benzene rings is 1. The van der Waals surface area contributed by atoms with Crippen LogP contribution < -0.4 is 0 Å². The molecule has 0 bridgehead atoms. The third-order valence-corrected chi connectivity index (χ3v) is 3.61. The van der Waals surface area contributed by atoms with Crippen LogP contribution in [0.5, 0.6) is 0 Å². The van der Waals surface area contributed by atoms with Gasteiger partial charge in [-0.2, -0.15) is 0 Å². The molecule has 0 heterocycles. The molecule has 94 valence electrons. The van der Waals surface area contributed by atoms with Gasteiger partial charge in [-0.05, 0) is 50.4 Å². The summed E-state index contributed by atoms with van der Waals surface area (Å²) in [6.07, 6.45) is 3.73. The number of hydrogen-bond donors (Lipinski definition) is 1. The highest BCUT2D eigenvalue weighted by atomic mass is 19.1. The zero-order valence-electron chi connectivity index (χ0n) is 10.3. The van der Waals surface area contributed by atoms with Crippen molar-refractivity contribution in [1.82, 2.24) is 4.90 Å². The Hall–Kier alpha value is -0.930. The number of halogens is 1. The standard InChI is InChI=1S/C14H20FNO/c1-16(13-5-7-14(17)8-6-13)10-11-3-2-4-12(15)9-11/h2-4,9,13-14,17H,5-8,10H2,1H3. The SMILES string of the molecule is CN(Cc1cccc(F)c1)C1CCC(O)CC1. The smallest absolute Gasteiger partial charge is 0.123 e. The van der Waals surface area contributed by atoms with E-state index in [1.165, 1.54) is 6.07 Å². The minimum Gasteiger partial charge on any atom is -0.393 e. The Kier molecular flexibility index (Phi) is 4.13. The first-order valence-corrected chi connectivity index (χ1v) is 6.28. The number of rotatable bonds is 3. The lowest BCUT2D eigenvalue weighted by Crippen LogP contribution is -2.35. The molecular weight excluding hydrogens is 217 g/mol. The molecule has 0 saturated heterocycles. The van der Waals surface area contributed by atoms with Gasteiger partial charge in [-0.3, -0.25) is 4.90 Å². The lowest BCUT2D eigenvalue weighted by molar-refractivity contribution is 0.0818. The van der Waals surface area contributed by atoms with Crippen molar-refractivity contribution in [3.05, 3.63) is 35.6 Å². The lowest BCUT2D eigenvalue weighted by Gasteiger charge is -2.33. The number of nitrogens with zero attached hydrogens (tertiary/aromatic N) is 1. The molecule has 1 aromatic rings. The van der Waals surface area contributed by atoms with E-state index in [1.807, 2.05) is 6.07 Å². The number of aliphatic hydroxyl groups is 1. The molecule has 0 unspecified atom stereocenters. The maximum Gasteiger partial charge on any atom is 0.123 e. The van der Waals surface area contributed by atoms with Crippen LogP contribution in [0.3, 0.4) is 0 Å². The maximum atomic E-state index is 13.1. The first-order chi connectivity index (χ1) is 8.15. The predicted molar refractivity (Wildman–Crippen MR) is 66.1 cm³/mol. The van der Waals surface area contributed by atoms with Crippen LogP contribution in [-0.4, -0.2) is 29.2 Å². The minimum atomic E-state index is -0.171. The molecule has 1 saturated carbocycles. The topological polar surface area (TPSA) is 23.5 Å². The third-order valence-electron chi connectivity index (χ3n) is 3.61. The normalized spacial score (nSPS) is 25.2. The van der Waals surface area contributed by atoms with Crippen molar-refractivity contribution in [2.45, 2.75) is 44.4 Å². The first kappa shape index (κ1) is 12.5. The summed E-state index contributed by atoms with van der Waals surface area (Å²) in [6.45, 7) is 0.776. The number of hydrogen-bond acceptors (Lipinski definition) is 2. The highest BCUT2D eigenvalue weighted by Gasteiger charge is 2.22. The summed E-state index contributed by atoms with van der Waals surface area (Å²) in [4.78, 5) is 2.26. The molecule has 0 amide bonds. The average molecular weight is 237 g/mol. The summed E-state index contributed by atoms with van der Waals surface area (Å²) in [5, 5.41) is 9.47. The molecule has 1 fully saturated rings. The van der Waals surface area contributed by atoms with Crippen molar-refractivity contribution in [2.75, 3.05) is 7.05 Å². The van der Waals surface area contributed by atoms with Crippen LogP contribution in [0.4, 0.5) is 4.39 Å². The molecule has 0 aromatic heterocycles. The zero-order chi connectivity index (χ0) is 12.3. The summed E-state index contributed by atoms with van der Waals surface area (Å²) in [7, 11) is 2.08. The van der Waals surface area contributed by atoms with E-state index in [9.17, 15) is 9.50 Å². The van der Waals surface area contributed by atoms with Crippen LogP contribution in [0.25, 0.3) is 0 Å². The predicted octanol–water partition coefficient (Wildman–Crippen LogP) is 2.56. The summed E-state index contributed by atoms with van der Waals surface area (Å²) in [6, 6.07) is 7.29. The Morgan fingerprint density at radius 1 is 1.29 bits per heavy atom. The maximum absolute atomic E-state index is 13.1. The van der Waals surface area contributed by atoms with Crippen LogP contribution in [0, 0.1) is 5.82 Å². The molecule has 1 N–H and O–H groups in total. The minimum absolute atomic E-state index is 0.117. The Bertz CT molecular complexity index is 361. The molecule has 2 rings (SSSR count). The molecule has 1 aromatic carbocycles. The van der Waals surface area contributed by atoms with Gasteiger partial charge in [0, 0.05) is 12.6 Å². The van der Waals surface area contributed by atoms with Crippen LogP contribution >= 0.6 is 0 Å². The monoisotopic (exact) mass is 237 g/mol. The molecule has 0 aliphatic heterocycles. The van der Waals surface area contributed by atoms with Crippen molar-refractivity contribution < 1.29 is 9.50 Å². The highest BCUT2D eigenvalue weighted by molar-refractivity contribution is 5.16. The van der Waals surface area contributed by atoms with Crippen molar-refractivity contribution in [2.24, 2.45) is 0 Å². The molecule has 0 atom stereocenters. The molecule has 2 nitrogen and oxygen atoms in total. The van der Waals surface area contributed by atoms with E-state index in [0.717, 1.165) is 37.8 Å². The van der Waals surface area contributed by atoms with E-state index in [4.69, 9.17) is 0 Å². The van der Waals surface area contributed by atoms with Gasteiger partial charge in [-0.25, -0.2) is 4.39 Å². The van der Waals surface area contributed by atoms with Gasteiger partial charge < -0.3 is 5.11 Å². The van der Waals surface area contributed by atoms with Crippen LogP contribution in [0.15, 0.2) is 24.3 Å². The second-order valence-electron chi connectivity index (χ2n) is 5.01. The van der Waals surface area contributed by atoms with Gasteiger partial charge in [-0.15, -0.1) is 0 Å². The molecular formula is C14H20FNO. The van der Waals surface area contributed by atoms with E-state index in [2.05, 4.69) is 11.9 Å². The Labute approximate surface area is 102 Å². The number of aliphatic hydroxyl groups excluding tert-OH is 1. The molecule has 17 heavy (non-hydrogen) atoms. The summed E-state index contributed by atoms with van der Waals surface area (Å²) >= 11 is 0. The highest BCUT2D eigenvalue weighted by Crippen LogP contribution is 2.23. The second kappa shape index (κ2) is 5.61. The van der Waals surface area contributed by atoms with Crippen molar-refractivity contribution in [3.63, 3.8) is 0 Å². The van der Waals surface area contributed by atoms with Gasteiger partial charge in [0.25, 0.3) is 0 Å². The summed E-state index contributed by atoms with van der Waals surface area (Å²) in [5.41, 5.74) is 1.01. The van der Waals surface area contributed by atoms with Gasteiger partial charge in [0.1, 0.15) is 5.82 Å². The molecule has 1 aliphatic carbocycles. The lowest BCUT2D eigenvalue weighted by atomic mass is 9.92. The fourth-order valence-corrected chi connectivity index (χ4v) is 2.55. The Morgan fingerprint density at radius 3 is 2.65 bits per heavy atom. The molecule has 3 heteroatoms. The second-order valence-corrected chi connectivity index (χ2v) is 5.01. The Morgan fingerprint density at radius 2 is 2.00 bits per heavy atom. The Balaban J connectivity index is 1.90. The molecule has 1 aliphatic rings. The van der Waals surface area contributed by atoms with E-state index in [0.29, 0.717) is 6.04 Å². The summed E-state index contributed by atoms with van der Waals surface area (Å²) in [5.74, 6) is -0.171. The van der Waals surface area contributed by atoms with Gasteiger partial charge in [0.15, 0.2) is 0 Å². The van der Waals surface area contributed by atoms with Crippen LogP contribution in [0.2, 0.25) is 0 Å². The quantitative estimate of drug-likeness (QED) is 0.873. The van der Waals surface area contributed by atoms with Gasteiger partial charge in [0.05, 0.1) is 6.10 Å². The van der Waals surface area contributed by atoms with Gasteiger partial charge >= 0.3 is 0 Å². The van der Waals surface area contributed by atoms with Gasteiger partial charge in [0.2, 0.25) is 0 Å². The zero-order valence-corrected chi connectivity index (χ0v) is 10.3. The van der Waals surface area contributed by atoms with E-state index in [1.54, 1.807) is 12.1 Å². The van der Waals surface area contributed by atoms with Crippen LogP contribution in [-0.2, 0) is 6.54 Å². The average Bonchev–Trinajstić information content (AvgIpc) is 2.29. The van der Waals surface area contributed by atoms with E-state index < -0.39 is 0 Å². The third kappa shape index (κ3) is 3.51. The van der Waals surface area contributed by atoms with Gasteiger partial charge in [-0.1, -0.05) is 12.1 Å². The van der Waals surface area contributed by atoms with Crippen molar-refractivity contribution >= 4 is 0 Å². The largest absolute Gasteiger partial charge is 0.393 e.